The van der Waals surface area contributed by atoms with E-state index >= 15 is 0 Å². The zero-order chi connectivity index (χ0) is 21.1. The Morgan fingerprint density at radius 1 is 0.867 bits per heavy atom. The fraction of sp³-hybridized carbons (Fsp3) is 0.208. The second-order valence-electron chi connectivity index (χ2n) is 6.95. The van der Waals surface area contributed by atoms with Crippen molar-refractivity contribution in [3.05, 3.63) is 94.2 Å². The summed E-state index contributed by atoms with van der Waals surface area (Å²) in [6.07, 6.45) is 0. The van der Waals surface area contributed by atoms with E-state index in [0.29, 0.717) is 30.2 Å². The molecule has 30 heavy (non-hydrogen) atoms. The van der Waals surface area contributed by atoms with E-state index in [0.717, 1.165) is 16.6 Å². The van der Waals surface area contributed by atoms with Gasteiger partial charge in [0.15, 0.2) is 11.5 Å². The van der Waals surface area contributed by atoms with Crippen LogP contribution < -0.4 is 15.2 Å². The Bertz CT molecular complexity index is 1240. The van der Waals surface area contributed by atoms with Crippen molar-refractivity contribution in [2.24, 2.45) is 0 Å². The summed E-state index contributed by atoms with van der Waals surface area (Å²) in [4.78, 5) is 13.3. The monoisotopic (exact) mass is 406 g/mol. The Labute approximate surface area is 173 Å². The maximum atomic E-state index is 14.2. The molecule has 0 bridgehead atoms. The molecule has 0 saturated carbocycles. The first-order valence-corrected chi connectivity index (χ1v) is 9.83. The zero-order valence-electron chi connectivity index (χ0n) is 17.0. The van der Waals surface area contributed by atoms with Crippen molar-refractivity contribution >= 4 is 11.0 Å². The topological polar surface area (TPSA) is 45.4 Å². The molecule has 0 aliphatic rings. The van der Waals surface area contributed by atoms with Crippen molar-refractivity contribution in [1.82, 2.24) is 9.13 Å². The van der Waals surface area contributed by atoms with Crippen molar-refractivity contribution in [3.63, 3.8) is 0 Å². The molecule has 1 heterocycles. The Kier molecular flexibility index (Phi) is 5.57. The molecule has 0 radical (unpaired) electrons. The first kappa shape index (κ1) is 19.8. The van der Waals surface area contributed by atoms with E-state index < -0.39 is 0 Å². The summed E-state index contributed by atoms with van der Waals surface area (Å²) in [5.41, 5.74) is 2.77. The van der Waals surface area contributed by atoms with Gasteiger partial charge in [-0.2, -0.15) is 0 Å². The van der Waals surface area contributed by atoms with Gasteiger partial charge in [-0.25, -0.2) is 9.18 Å². The smallest absolute Gasteiger partial charge is 0.329 e. The van der Waals surface area contributed by atoms with E-state index in [2.05, 4.69) is 0 Å². The summed E-state index contributed by atoms with van der Waals surface area (Å²) >= 11 is 0. The predicted octanol–water partition coefficient (Wildman–Crippen LogP) is 4.45. The quantitative estimate of drug-likeness (QED) is 0.456. The number of benzene rings is 3. The van der Waals surface area contributed by atoms with Crippen LogP contribution in [0.1, 0.15) is 18.1 Å². The standard InChI is InChI=1S/C24H23FN2O3/c1-3-30-23-14-17(12-13-22(23)29-2)15-26-20-10-6-7-11-21(20)27(24(26)28)16-18-8-4-5-9-19(18)25/h4-14H,3,15-16H2,1-2H3. The largest absolute Gasteiger partial charge is 0.493 e. The van der Waals surface area contributed by atoms with Crippen LogP contribution >= 0.6 is 0 Å². The summed E-state index contributed by atoms with van der Waals surface area (Å²) in [7, 11) is 1.60. The summed E-state index contributed by atoms with van der Waals surface area (Å²) in [5, 5.41) is 0. The van der Waals surface area contributed by atoms with Gasteiger partial charge >= 0.3 is 5.69 Å². The fourth-order valence-electron chi connectivity index (χ4n) is 3.65. The molecular weight excluding hydrogens is 383 g/mol. The zero-order valence-corrected chi connectivity index (χ0v) is 17.0. The van der Waals surface area contributed by atoms with Crippen LogP contribution in [0.25, 0.3) is 11.0 Å². The molecule has 154 valence electrons. The van der Waals surface area contributed by atoms with Crippen LogP contribution in [-0.4, -0.2) is 22.9 Å². The van der Waals surface area contributed by atoms with Crippen molar-refractivity contribution < 1.29 is 13.9 Å². The van der Waals surface area contributed by atoms with E-state index in [1.165, 1.54) is 6.07 Å². The lowest BCUT2D eigenvalue weighted by atomic mass is 10.2. The molecule has 0 aliphatic heterocycles. The van der Waals surface area contributed by atoms with Crippen molar-refractivity contribution in [2.45, 2.75) is 20.0 Å². The lowest BCUT2D eigenvalue weighted by Gasteiger charge is -2.11. The summed E-state index contributed by atoms with van der Waals surface area (Å²) in [5.74, 6) is 0.966. The van der Waals surface area contributed by atoms with Crippen molar-refractivity contribution in [1.29, 1.82) is 0 Å². The highest BCUT2D eigenvalue weighted by atomic mass is 19.1. The van der Waals surface area contributed by atoms with E-state index in [1.807, 2.05) is 49.4 Å². The molecule has 5 nitrogen and oxygen atoms in total. The predicted molar refractivity (Wildman–Crippen MR) is 115 cm³/mol. The van der Waals surface area contributed by atoms with E-state index in [-0.39, 0.29) is 18.1 Å². The minimum absolute atomic E-state index is 0.172. The number of para-hydroxylation sites is 2. The minimum atomic E-state index is -0.322. The molecule has 0 aliphatic carbocycles. The van der Waals surface area contributed by atoms with Gasteiger partial charge in [0.2, 0.25) is 0 Å². The number of aromatic nitrogens is 2. The number of nitrogens with zero attached hydrogens (tertiary/aromatic N) is 2. The minimum Gasteiger partial charge on any atom is -0.493 e. The number of rotatable bonds is 7. The van der Waals surface area contributed by atoms with Crippen LogP contribution in [0.5, 0.6) is 11.5 Å². The van der Waals surface area contributed by atoms with Crippen LogP contribution in [-0.2, 0) is 13.1 Å². The Hall–Kier alpha value is -3.54. The SMILES string of the molecule is CCOc1cc(Cn2c(=O)n(Cc3ccccc3F)c3ccccc32)ccc1OC. The third-order valence-electron chi connectivity index (χ3n) is 5.08. The highest BCUT2D eigenvalue weighted by Crippen LogP contribution is 2.28. The molecular formula is C24H23FN2O3. The molecule has 0 atom stereocenters. The van der Waals surface area contributed by atoms with E-state index in [9.17, 15) is 9.18 Å². The van der Waals surface area contributed by atoms with Gasteiger partial charge in [-0.15, -0.1) is 0 Å². The third-order valence-corrected chi connectivity index (χ3v) is 5.08. The van der Waals surface area contributed by atoms with Gasteiger partial charge in [-0.3, -0.25) is 9.13 Å². The Morgan fingerprint density at radius 3 is 2.20 bits per heavy atom. The van der Waals surface area contributed by atoms with Gasteiger partial charge in [-0.05, 0) is 42.8 Å². The second-order valence-corrected chi connectivity index (χ2v) is 6.95. The number of hydrogen-bond donors (Lipinski definition) is 0. The van der Waals surface area contributed by atoms with Crippen LogP contribution in [0.3, 0.4) is 0 Å². The van der Waals surface area contributed by atoms with Gasteiger partial charge in [0.05, 0.1) is 37.8 Å². The summed E-state index contributed by atoms with van der Waals surface area (Å²) in [6, 6.07) is 19.7. The van der Waals surface area contributed by atoms with Gasteiger partial charge in [-0.1, -0.05) is 36.4 Å². The fourth-order valence-corrected chi connectivity index (χ4v) is 3.65. The first-order valence-electron chi connectivity index (χ1n) is 9.83. The van der Waals surface area contributed by atoms with Gasteiger partial charge in [0.1, 0.15) is 5.82 Å². The maximum Gasteiger partial charge on any atom is 0.329 e. The second kappa shape index (κ2) is 8.45. The average molecular weight is 406 g/mol. The van der Waals surface area contributed by atoms with Crippen LogP contribution in [0.4, 0.5) is 4.39 Å². The molecule has 0 amide bonds. The molecule has 3 aromatic carbocycles. The Balaban J connectivity index is 1.77. The molecule has 4 rings (SSSR count). The number of ether oxygens (including phenoxy) is 2. The Morgan fingerprint density at radius 2 is 1.53 bits per heavy atom. The van der Waals surface area contributed by atoms with Crippen LogP contribution in [0, 0.1) is 5.82 Å². The highest BCUT2D eigenvalue weighted by molar-refractivity contribution is 5.76. The van der Waals surface area contributed by atoms with Gasteiger partial charge in [0, 0.05) is 5.56 Å². The average Bonchev–Trinajstić information content (AvgIpc) is 3.02. The number of halogens is 1. The van der Waals surface area contributed by atoms with Crippen molar-refractivity contribution in [3.8, 4) is 11.5 Å². The van der Waals surface area contributed by atoms with E-state index in [1.54, 1.807) is 34.4 Å². The van der Waals surface area contributed by atoms with Crippen LogP contribution in [0.15, 0.2) is 71.5 Å². The summed E-state index contributed by atoms with van der Waals surface area (Å²) in [6.45, 7) is 2.97. The first-order chi connectivity index (χ1) is 14.6. The molecule has 4 aromatic rings. The van der Waals surface area contributed by atoms with Crippen molar-refractivity contribution in [2.75, 3.05) is 13.7 Å². The molecule has 0 saturated heterocycles. The molecule has 0 fully saturated rings. The number of methoxy groups -OCH3 is 1. The van der Waals surface area contributed by atoms with Gasteiger partial charge < -0.3 is 9.47 Å². The normalized spacial score (nSPS) is 11.0. The van der Waals surface area contributed by atoms with Crippen LogP contribution in [0.2, 0.25) is 0 Å². The third kappa shape index (κ3) is 3.68. The number of hydrogen-bond acceptors (Lipinski definition) is 3. The lowest BCUT2D eigenvalue weighted by molar-refractivity contribution is 0.310. The maximum absolute atomic E-state index is 14.2. The lowest BCUT2D eigenvalue weighted by Crippen LogP contribution is -2.25. The van der Waals surface area contributed by atoms with Gasteiger partial charge in [0.25, 0.3) is 0 Å². The number of imidazole rings is 1. The molecule has 1 aromatic heterocycles. The molecule has 0 unspecified atom stereocenters. The summed E-state index contributed by atoms with van der Waals surface area (Å²) < 4.78 is 28.5. The molecule has 6 heteroatoms. The molecule has 0 N–H and O–H groups in total. The molecule has 0 spiro atoms. The van der Waals surface area contributed by atoms with E-state index in [4.69, 9.17) is 9.47 Å². The number of fused-ring (bicyclic) bond motifs is 1. The highest BCUT2D eigenvalue weighted by Gasteiger charge is 2.15.